The molecule has 0 aliphatic heterocycles. The molecule has 0 saturated heterocycles. The normalized spacial score (nSPS) is 17.9. The molecular weight excluding hydrogens is 240 g/mol. The van der Waals surface area contributed by atoms with Gasteiger partial charge in [-0.15, -0.1) is 0 Å². The fourth-order valence-corrected chi connectivity index (χ4v) is 2.85. The molecule has 0 saturated carbocycles. The van der Waals surface area contributed by atoms with E-state index in [-0.39, 0.29) is 0 Å². The molecule has 0 N–H and O–H groups in total. The largest absolute Gasteiger partial charge is 0.0795 e. The number of hydrogen-bond acceptors (Lipinski definition) is 0. The van der Waals surface area contributed by atoms with Gasteiger partial charge in [-0.3, -0.25) is 0 Å². The van der Waals surface area contributed by atoms with Gasteiger partial charge < -0.3 is 0 Å². The first kappa shape index (κ1) is 12.9. The summed E-state index contributed by atoms with van der Waals surface area (Å²) in [4.78, 5) is 0. The van der Waals surface area contributed by atoms with E-state index in [0.717, 1.165) is 6.42 Å². The Morgan fingerprint density at radius 2 is 1.60 bits per heavy atom. The lowest BCUT2D eigenvalue weighted by Gasteiger charge is -2.05. The molecule has 1 atom stereocenters. The molecule has 0 bridgehead atoms. The minimum Gasteiger partial charge on any atom is -0.0795 e. The lowest BCUT2D eigenvalue weighted by atomic mass is 9.99. The van der Waals surface area contributed by atoms with Crippen molar-refractivity contribution in [2.45, 2.75) is 26.2 Å². The van der Waals surface area contributed by atoms with Gasteiger partial charge in [-0.2, -0.15) is 0 Å². The van der Waals surface area contributed by atoms with E-state index in [9.17, 15) is 0 Å². The van der Waals surface area contributed by atoms with Gasteiger partial charge in [0.1, 0.15) is 0 Å². The van der Waals surface area contributed by atoms with Gasteiger partial charge in [0.15, 0.2) is 0 Å². The first-order chi connectivity index (χ1) is 9.75. The van der Waals surface area contributed by atoms with Gasteiger partial charge in [0.2, 0.25) is 0 Å². The molecule has 2 aliphatic rings. The summed E-state index contributed by atoms with van der Waals surface area (Å²) in [7, 11) is 0. The van der Waals surface area contributed by atoms with Crippen LogP contribution in [0.3, 0.4) is 0 Å². The summed E-state index contributed by atoms with van der Waals surface area (Å²) in [6.45, 7) is 4.46. The Kier molecular flexibility index (Phi) is 3.56. The van der Waals surface area contributed by atoms with Crippen molar-refractivity contribution in [3.8, 4) is 0 Å². The molecule has 0 amide bonds. The molecule has 0 radical (unpaired) electrons. The van der Waals surface area contributed by atoms with Crippen molar-refractivity contribution in [3.05, 3.63) is 82.4 Å². The van der Waals surface area contributed by atoms with E-state index in [1.165, 1.54) is 27.8 Å². The van der Waals surface area contributed by atoms with Gasteiger partial charge in [-0.1, -0.05) is 79.3 Å². The minimum absolute atomic E-state index is 0.631. The Labute approximate surface area is 121 Å². The molecule has 0 heterocycles. The molecule has 0 heteroatoms. The molecule has 0 nitrogen and oxygen atoms in total. The van der Waals surface area contributed by atoms with E-state index >= 15 is 0 Å². The van der Waals surface area contributed by atoms with Crippen LogP contribution >= 0.6 is 0 Å². The molecule has 0 fully saturated rings. The summed E-state index contributed by atoms with van der Waals surface area (Å²) in [6.07, 6.45) is 7.77. The second kappa shape index (κ2) is 5.50. The Hall–Kier alpha value is -2.08. The molecule has 0 spiro atoms. The smallest absolute Gasteiger partial charge is 0.00263 e. The van der Waals surface area contributed by atoms with Crippen molar-refractivity contribution >= 4 is 12.2 Å². The first-order valence-electron chi connectivity index (χ1n) is 7.27. The zero-order valence-electron chi connectivity index (χ0n) is 12.1. The molecule has 2 aromatic carbocycles. The van der Waals surface area contributed by atoms with E-state index in [4.69, 9.17) is 0 Å². The Morgan fingerprint density at radius 3 is 2.35 bits per heavy atom. The van der Waals surface area contributed by atoms with Crippen LogP contribution in [-0.2, 0) is 6.42 Å². The zero-order chi connectivity index (χ0) is 13.9. The van der Waals surface area contributed by atoms with Crippen LogP contribution in [0, 0.1) is 0 Å². The second-order valence-electron chi connectivity index (χ2n) is 5.54. The second-order valence-corrected chi connectivity index (χ2v) is 5.54. The summed E-state index contributed by atoms with van der Waals surface area (Å²) < 4.78 is 0. The molecular formula is C20H20. The van der Waals surface area contributed by atoms with Gasteiger partial charge in [0, 0.05) is 5.92 Å². The topological polar surface area (TPSA) is 0 Å². The molecule has 1 unspecified atom stereocenters. The van der Waals surface area contributed by atoms with E-state index < -0.39 is 0 Å². The lowest BCUT2D eigenvalue weighted by molar-refractivity contribution is 0.921. The fourth-order valence-electron chi connectivity index (χ4n) is 2.85. The standard InChI is InChI=1S/C11H12.C9H8/c1-8-7-10-5-3-4-6-11(10)9(8)2;1-2-5-9-7-3-6-8(9)4-1/h3-7,9H,1-2H3;1-6H,7H2. The predicted molar refractivity (Wildman–Crippen MR) is 87.7 cm³/mol. The van der Waals surface area contributed by atoms with Crippen LogP contribution < -0.4 is 0 Å². The molecule has 4 rings (SSSR count). The highest BCUT2D eigenvalue weighted by molar-refractivity contribution is 5.65. The van der Waals surface area contributed by atoms with Gasteiger partial charge in [-0.25, -0.2) is 0 Å². The number of allylic oxidation sites excluding steroid dienone is 2. The van der Waals surface area contributed by atoms with E-state index in [1.807, 2.05) is 0 Å². The van der Waals surface area contributed by atoms with Crippen LogP contribution in [0.5, 0.6) is 0 Å². The highest BCUT2D eigenvalue weighted by Crippen LogP contribution is 2.34. The van der Waals surface area contributed by atoms with Crippen molar-refractivity contribution in [2.24, 2.45) is 0 Å². The van der Waals surface area contributed by atoms with Crippen LogP contribution in [0.4, 0.5) is 0 Å². The van der Waals surface area contributed by atoms with Crippen LogP contribution in [0.15, 0.2) is 60.2 Å². The maximum atomic E-state index is 2.28. The predicted octanol–water partition coefficient (Wildman–Crippen LogP) is 5.46. The summed E-state index contributed by atoms with van der Waals surface area (Å²) in [5.41, 5.74) is 7.20. The Bertz CT molecular complexity index is 674. The number of benzene rings is 2. The van der Waals surface area contributed by atoms with Crippen LogP contribution in [0.1, 0.15) is 42.0 Å². The van der Waals surface area contributed by atoms with Crippen molar-refractivity contribution in [1.82, 2.24) is 0 Å². The molecule has 2 aliphatic carbocycles. The summed E-state index contributed by atoms with van der Waals surface area (Å²) in [5.74, 6) is 0.631. The summed E-state index contributed by atoms with van der Waals surface area (Å²) in [6, 6.07) is 17.1. The van der Waals surface area contributed by atoms with Crippen LogP contribution in [-0.4, -0.2) is 0 Å². The summed E-state index contributed by atoms with van der Waals surface area (Å²) >= 11 is 0. The first-order valence-corrected chi connectivity index (χ1v) is 7.27. The Morgan fingerprint density at radius 1 is 0.900 bits per heavy atom. The summed E-state index contributed by atoms with van der Waals surface area (Å²) in [5, 5.41) is 0. The quantitative estimate of drug-likeness (QED) is 0.589. The lowest BCUT2D eigenvalue weighted by Crippen LogP contribution is -1.88. The maximum absolute atomic E-state index is 2.28. The third kappa shape index (κ3) is 2.46. The van der Waals surface area contributed by atoms with Crippen molar-refractivity contribution in [3.63, 3.8) is 0 Å². The average Bonchev–Trinajstić information content (AvgIpc) is 3.06. The molecule has 0 aromatic heterocycles. The van der Waals surface area contributed by atoms with Crippen molar-refractivity contribution in [2.75, 3.05) is 0 Å². The Balaban J connectivity index is 0.000000123. The average molecular weight is 260 g/mol. The highest BCUT2D eigenvalue weighted by atomic mass is 14.2. The number of rotatable bonds is 0. The third-order valence-corrected chi connectivity index (χ3v) is 4.22. The van der Waals surface area contributed by atoms with E-state index in [0.29, 0.717) is 5.92 Å². The third-order valence-electron chi connectivity index (χ3n) is 4.22. The van der Waals surface area contributed by atoms with Gasteiger partial charge in [0.25, 0.3) is 0 Å². The highest BCUT2D eigenvalue weighted by Gasteiger charge is 2.16. The van der Waals surface area contributed by atoms with Crippen LogP contribution in [0.25, 0.3) is 12.2 Å². The number of fused-ring (bicyclic) bond motifs is 2. The molecule has 100 valence electrons. The van der Waals surface area contributed by atoms with Crippen molar-refractivity contribution < 1.29 is 0 Å². The minimum atomic E-state index is 0.631. The zero-order valence-corrected chi connectivity index (χ0v) is 12.1. The SMILES string of the molecule is C1=Cc2ccccc2C1.CC1=Cc2ccccc2C1C. The number of hydrogen-bond donors (Lipinski definition) is 0. The molecule has 20 heavy (non-hydrogen) atoms. The van der Waals surface area contributed by atoms with Crippen LogP contribution in [0.2, 0.25) is 0 Å². The fraction of sp³-hybridized carbons (Fsp3) is 0.200. The van der Waals surface area contributed by atoms with Crippen molar-refractivity contribution in [1.29, 1.82) is 0 Å². The molecule has 2 aromatic rings. The van der Waals surface area contributed by atoms with E-state index in [2.05, 4.69) is 80.6 Å². The monoisotopic (exact) mass is 260 g/mol. The van der Waals surface area contributed by atoms with E-state index in [1.54, 1.807) is 0 Å². The maximum Gasteiger partial charge on any atom is 0.00263 e. The van der Waals surface area contributed by atoms with Gasteiger partial charge in [-0.05, 0) is 35.6 Å². The van der Waals surface area contributed by atoms with Gasteiger partial charge >= 0.3 is 0 Å². The van der Waals surface area contributed by atoms with Gasteiger partial charge in [0.05, 0.1) is 0 Å².